The van der Waals surface area contributed by atoms with Crippen LogP contribution in [0.3, 0.4) is 0 Å². The third kappa shape index (κ3) is 3.85. The normalized spacial score (nSPS) is 19.3. The third-order valence-corrected chi connectivity index (χ3v) is 5.25. The van der Waals surface area contributed by atoms with Crippen LogP contribution in [-0.4, -0.2) is 49.7 Å². The summed E-state index contributed by atoms with van der Waals surface area (Å²) in [5.74, 6) is 2.64. The smallest absolute Gasteiger partial charge is 0.281 e. The molecule has 3 heterocycles. The molecule has 0 bridgehead atoms. The van der Waals surface area contributed by atoms with Crippen molar-refractivity contribution in [1.29, 1.82) is 0 Å². The molecule has 0 saturated carbocycles. The molecule has 1 fully saturated rings. The van der Waals surface area contributed by atoms with E-state index in [1.165, 1.54) is 18.2 Å². The number of carbonyl (C=O) groups excluding carboxylic acids is 2. The van der Waals surface area contributed by atoms with E-state index < -0.39 is 0 Å². The van der Waals surface area contributed by atoms with Crippen molar-refractivity contribution >= 4 is 22.9 Å². The first-order chi connectivity index (χ1) is 11.1. The molecule has 23 heavy (non-hydrogen) atoms. The van der Waals surface area contributed by atoms with Crippen LogP contribution in [-0.2, 0) is 17.8 Å². The number of nitrogens with zero attached hydrogens (tertiary/aromatic N) is 4. The zero-order valence-electron chi connectivity index (χ0n) is 13.5. The Kier molecular flexibility index (Phi) is 5.20. The van der Waals surface area contributed by atoms with E-state index in [0.29, 0.717) is 13.0 Å². The molecule has 0 unspecified atom stereocenters. The highest BCUT2D eigenvalue weighted by molar-refractivity contribution is 8.13. The maximum atomic E-state index is 12.1. The summed E-state index contributed by atoms with van der Waals surface area (Å²) in [5.41, 5.74) is 0. The van der Waals surface area contributed by atoms with Gasteiger partial charge in [0.1, 0.15) is 5.82 Å². The third-order valence-electron chi connectivity index (χ3n) is 4.36. The van der Waals surface area contributed by atoms with Gasteiger partial charge in [-0.05, 0) is 19.8 Å². The highest BCUT2D eigenvalue weighted by Crippen LogP contribution is 2.19. The minimum Gasteiger partial charge on any atom is -0.346 e. The molecular weight excluding hydrogens is 314 g/mol. The molecule has 7 nitrogen and oxygen atoms in total. The fourth-order valence-corrected chi connectivity index (χ4v) is 3.92. The van der Waals surface area contributed by atoms with Crippen LogP contribution in [0.25, 0.3) is 0 Å². The first-order valence-corrected chi connectivity index (χ1v) is 9.27. The van der Waals surface area contributed by atoms with Crippen LogP contribution in [0.2, 0.25) is 0 Å². The van der Waals surface area contributed by atoms with Crippen molar-refractivity contribution in [3.8, 4) is 0 Å². The molecule has 8 heteroatoms. The molecule has 0 radical (unpaired) electrons. The Hall–Kier alpha value is -1.57. The minimum atomic E-state index is -0.162. The molecule has 3 rings (SSSR count). The van der Waals surface area contributed by atoms with Gasteiger partial charge in [-0.1, -0.05) is 18.2 Å². The predicted octanol–water partition coefficient (Wildman–Crippen LogP) is 1.74. The van der Waals surface area contributed by atoms with Crippen molar-refractivity contribution in [3.63, 3.8) is 0 Å². The molecule has 0 aliphatic carbocycles. The van der Waals surface area contributed by atoms with Gasteiger partial charge in [0.25, 0.3) is 5.24 Å². The van der Waals surface area contributed by atoms with E-state index in [1.807, 2.05) is 6.92 Å². The lowest BCUT2D eigenvalue weighted by molar-refractivity contribution is -0.121. The van der Waals surface area contributed by atoms with Gasteiger partial charge in [-0.25, -0.2) is 0 Å². The quantitative estimate of drug-likeness (QED) is 0.885. The number of nitrogens with one attached hydrogen (secondary N) is 1. The Bertz CT molecular complexity index is 588. The summed E-state index contributed by atoms with van der Waals surface area (Å²) in [5, 5.41) is 11.6. The summed E-state index contributed by atoms with van der Waals surface area (Å²) in [6.45, 7) is 4.10. The van der Waals surface area contributed by atoms with Crippen molar-refractivity contribution in [1.82, 2.24) is 25.0 Å². The van der Waals surface area contributed by atoms with Crippen molar-refractivity contribution in [2.24, 2.45) is 0 Å². The molecule has 126 valence electrons. The Morgan fingerprint density at radius 1 is 1.30 bits per heavy atom. The van der Waals surface area contributed by atoms with Gasteiger partial charge in [-0.15, -0.1) is 10.2 Å². The van der Waals surface area contributed by atoms with Crippen LogP contribution in [0.15, 0.2) is 0 Å². The number of hydrogen-bond acceptors (Lipinski definition) is 5. The number of rotatable bonds is 5. The summed E-state index contributed by atoms with van der Waals surface area (Å²) < 4.78 is 2.15. The van der Waals surface area contributed by atoms with Crippen molar-refractivity contribution in [2.75, 3.05) is 18.8 Å². The van der Waals surface area contributed by atoms with Gasteiger partial charge in [0, 0.05) is 38.2 Å². The van der Waals surface area contributed by atoms with E-state index in [4.69, 9.17) is 0 Å². The maximum absolute atomic E-state index is 12.1. The number of carbonyl (C=O) groups is 2. The molecule has 0 spiro atoms. The molecule has 2 amide bonds. The van der Waals surface area contributed by atoms with E-state index >= 15 is 0 Å². The molecule has 1 atom stereocenters. The molecule has 1 aromatic rings. The summed E-state index contributed by atoms with van der Waals surface area (Å²) in [6, 6.07) is -0.162. The average Bonchev–Trinajstić information content (AvgIpc) is 3.05. The van der Waals surface area contributed by atoms with Gasteiger partial charge in [0.05, 0.1) is 6.04 Å². The largest absolute Gasteiger partial charge is 0.346 e. The monoisotopic (exact) mass is 337 g/mol. The Morgan fingerprint density at radius 2 is 2.17 bits per heavy atom. The average molecular weight is 337 g/mol. The first-order valence-electron chi connectivity index (χ1n) is 8.28. The summed E-state index contributed by atoms with van der Waals surface area (Å²) in [6.07, 6.45) is 4.79. The predicted molar refractivity (Wildman–Crippen MR) is 88.2 cm³/mol. The number of thioether (sulfide) groups is 1. The van der Waals surface area contributed by atoms with Crippen LogP contribution in [0.1, 0.15) is 50.3 Å². The standard InChI is InChI=1S/C15H23N5O2S/c1-11(14-18-17-12-5-3-2-4-7-20(12)14)16-13(21)6-8-19-9-10-23-15(19)22/h11H,2-10H2,1H3,(H,16,21)/t11-/m1/s1. The number of aryl methyl sites for hydroxylation is 1. The van der Waals surface area contributed by atoms with Crippen molar-refractivity contribution < 1.29 is 9.59 Å². The van der Waals surface area contributed by atoms with E-state index in [0.717, 1.165) is 49.8 Å². The maximum Gasteiger partial charge on any atom is 0.281 e. The van der Waals surface area contributed by atoms with E-state index in [9.17, 15) is 9.59 Å². The second-order valence-electron chi connectivity index (χ2n) is 6.08. The second-order valence-corrected chi connectivity index (χ2v) is 7.12. The minimum absolute atomic E-state index is 0.0480. The fourth-order valence-electron chi connectivity index (χ4n) is 3.07. The Balaban J connectivity index is 1.54. The molecule has 1 N–H and O–H groups in total. The number of aromatic nitrogens is 3. The molecule has 2 aliphatic heterocycles. The molecule has 0 aromatic carbocycles. The number of fused-ring (bicyclic) bond motifs is 1. The zero-order chi connectivity index (χ0) is 16.2. The van der Waals surface area contributed by atoms with Gasteiger partial charge in [0.15, 0.2) is 5.82 Å². The van der Waals surface area contributed by atoms with Crippen LogP contribution in [0.5, 0.6) is 0 Å². The van der Waals surface area contributed by atoms with Gasteiger partial charge in [0.2, 0.25) is 5.91 Å². The highest BCUT2D eigenvalue weighted by Gasteiger charge is 2.23. The molecule has 1 aromatic heterocycles. The molecule has 1 saturated heterocycles. The number of hydrogen-bond donors (Lipinski definition) is 1. The lowest BCUT2D eigenvalue weighted by Gasteiger charge is -2.17. The summed E-state index contributed by atoms with van der Waals surface area (Å²) in [7, 11) is 0. The Morgan fingerprint density at radius 3 is 2.96 bits per heavy atom. The molecular formula is C15H23N5O2S. The van der Waals surface area contributed by atoms with Crippen LogP contribution in [0.4, 0.5) is 4.79 Å². The van der Waals surface area contributed by atoms with Gasteiger partial charge in [-0.3, -0.25) is 9.59 Å². The van der Waals surface area contributed by atoms with Crippen molar-refractivity contribution in [2.45, 2.75) is 51.6 Å². The number of amides is 2. The van der Waals surface area contributed by atoms with E-state index in [-0.39, 0.29) is 17.2 Å². The van der Waals surface area contributed by atoms with E-state index in [2.05, 4.69) is 20.1 Å². The summed E-state index contributed by atoms with van der Waals surface area (Å²) >= 11 is 1.32. The van der Waals surface area contributed by atoms with Crippen LogP contribution in [0, 0.1) is 0 Å². The second kappa shape index (κ2) is 7.33. The summed E-state index contributed by atoms with van der Waals surface area (Å²) in [4.78, 5) is 25.4. The highest BCUT2D eigenvalue weighted by atomic mass is 32.2. The SMILES string of the molecule is C[C@@H](NC(=O)CCN1CCSC1=O)c1nnc2n1CCCCC2. The zero-order valence-corrected chi connectivity index (χ0v) is 14.3. The van der Waals surface area contributed by atoms with Crippen LogP contribution >= 0.6 is 11.8 Å². The first kappa shape index (κ1) is 16.3. The van der Waals surface area contributed by atoms with Gasteiger partial charge < -0.3 is 14.8 Å². The lowest BCUT2D eigenvalue weighted by Crippen LogP contribution is -2.33. The van der Waals surface area contributed by atoms with Crippen molar-refractivity contribution in [3.05, 3.63) is 11.6 Å². The molecule has 2 aliphatic rings. The van der Waals surface area contributed by atoms with Crippen LogP contribution < -0.4 is 5.32 Å². The lowest BCUT2D eigenvalue weighted by atomic mass is 10.2. The van der Waals surface area contributed by atoms with E-state index in [1.54, 1.807) is 4.90 Å². The van der Waals surface area contributed by atoms with Gasteiger partial charge in [-0.2, -0.15) is 0 Å². The topological polar surface area (TPSA) is 80.1 Å². The fraction of sp³-hybridized carbons (Fsp3) is 0.733. The Labute approximate surface area is 140 Å². The van der Waals surface area contributed by atoms with Gasteiger partial charge >= 0.3 is 0 Å².